The largest absolute Gasteiger partial charge is 0.448 e. The maximum Gasteiger partial charge on any atom is 0.244 e. The van der Waals surface area contributed by atoms with Gasteiger partial charge in [0, 0.05) is 0 Å². The van der Waals surface area contributed by atoms with Gasteiger partial charge in [0.25, 0.3) is 0 Å². The lowest BCUT2D eigenvalue weighted by Gasteiger charge is -1.99. The molecule has 0 atom stereocenters. The molecule has 6 nitrogen and oxygen atoms in total. The van der Waals surface area contributed by atoms with Crippen LogP contribution in [0.25, 0.3) is 11.0 Å². The van der Waals surface area contributed by atoms with E-state index in [1.807, 2.05) is 24.3 Å². The molecule has 0 bridgehead atoms. The number of H-pyrrole nitrogens is 1. The summed E-state index contributed by atoms with van der Waals surface area (Å²) in [5.74, 6) is -0.136. The number of para-hydroxylation sites is 2. The average Bonchev–Trinajstić information content (AvgIpc) is 3.30. The van der Waals surface area contributed by atoms with Crippen molar-refractivity contribution in [1.82, 2.24) is 15.4 Å². The van der Waals surface area contributed by atoms with Gasteiger partial charge < -0.3 is 9.40 Å². The Balaban J connectivity index is 1.32. The summed E-state index contributed by atoms with van der Waals surface area (Å²) in [6, 6.07) is 17.1. The first-order valence-electron chi connectivity index (χ1n) is 8.44. The number of nitrogens with one attached hydrogen (secondary N) is 2. The monoisotopic (exact) mass is 394 g/mol. The van der Waals surface area contributed by atoms with Gasteiger partial charge in [0.1, 0.15) is 11.6 Å². The quantitative estimate of drug-likeness (QED) is 0.380. The summed E-state index contributed by atoms with van der Waals surface area (Å²) < 4.78 is 18.5. The zero-order valence-corrected chi connectivity index (χ0v) is 15.4. The Labute approximate surface area is 163 Å². The minimum Gasteiger partial charge on any atom is -0.448 e. The second kappa shape index (κ2) is 8.10. The van der Waals surface area contributed by atoms with E-state index >= 15 is 0 Å². The summed E-state index contributed by atoms with van der Waals surface area (Å²) >= 11 is 1.36. The highest BCUT2D eigenvalue weighted by Crippen LogP contribution is 2.28. The minimum absolute atomic E-state index is 0.114. The van der Waals surface area contributed by atoms with Crippen LogP contribution in [0, 0.1) is 5.82 Å². The number of hydrogen-bond donors (Lipinski definition) is 2. The zero-order chi connectivity index (χ0) is 19.3. The summed E-state index contributed by atoms with van der Waals surface area (Å²) in [5.41, 5.74) is 4.98. The van der Waals surface area contributed by atoms with E-state index in [1.165, 1.54) is 30.1 Å². The third-order valence-corrected chi connectivity index (χ3v) is 4.63. The van der Waals surface area contributed by atoms with Crippen LogP contribution >= 0.6 is 11.8 Å². The molecule has 2 aromatic heterocycles. The summed E-state index contributed by atoms with van der Waals surface area (Å²) in [5, 5.41) is 5.26. The average molecular weight is 394 g/mol. The number of imidazole rings is 1. The molecular formula is C20H15FN4O2S. The summed E-state index contributed by atoms with van der Waals surface area (Å²) in [6.07, 6.45) is 1.54. The minimum atomic E-state index is -0.337. The molecule has 0 aliphatic carbocycles. The second-order valence-corrected chi connectivity index (χ2v) is 6.91. The molecule has 0 fully saturated rings. The Morgan fingerprint density at radius 3 is 2.82 bits per heavy atom. The Morgan fingerprint density at radius 2 is 2.00 bits per heavy atom. The van der Waals surface area contributed by atoms with E-state index in [0.29, 0.717) is 16.4 Å². The number of halogens is 1. The van der Waals surface area contributed by atoms with E-state index in [0.717, 1.165) is 16.2 Å². The van der Waals surface area contributed by atoms with Crippen molar-refractivity contribution in [1.29, 1.82) is 0 Å². The molecule has 8 heteroatoms. The molecule has 2 aromatic carbocycles. The van der Waals surface area contributed by atoms with Crippen LogP contribution in [-0.2, 0) is 11.2 Å². The van der Waals surface area contributed by atoms with Gasteiger partial charge in [-0.05, 0) is 53.7 Å². The van der Waals surface area contributed by atoms with Crippen LogP contribution in [0.1, 0.15) is 11.3 Å². The Morgan fingerprint density at radius 1 is 1.18 bits per heavy atom. The fourth-order valence-electron chi connectivity index (χ4n) is 2.53. The van der Waals surface area contributed by atoms with Crippen LogP contribution in [0.4, 0.5) is 4.39 Å². The molecule has 28 heavy (non-hydrogen) atoms. The van der Waals surface area contributed by atoms with Crippen molar-refractivity contribution in [2.75, 3.05) is 0 Å². The van der Waals surface area contributed by atoms with Crippen LogP contribution in [0.15, 0.2) is 80.4 Å². The number of hydrazone groups is 1. The molecule has 0 saturated heterocycles. The number of rotatable bonds is 6. The molecule has 0 aliphatic heterocycles. The molecule has 0 radical (unpaired) electrons. The highest BCUT2D eigenvalue weighted by atomic mass is 32.2. The molecule has 0 saturated carbocycles. The van der Waals surface area contributed by atoms with Crippen molar-refractivity contribution in [3.8, 4) is 0 Å². The molecule has 140 valence electrons. The van der Waals surface area contributed by atoms with Crippen molar-refractivity contribution in [3.63, 3.8) is 0 Å². The van der Waals surface area contributed by atoms with E-state index in [-0.39, 0.29) is 18.1 Å². The topological polar surface area (TPSA) is 83.3 Å². The van der Waals surface area contributed by atoms with Gasteiger partial charge in [-0.1, -0.05) is 24.3 Å². The summed E-state index contributed by atoms with van der Waals surface area (Å²) in [6.45, 7) is 0. The standard InChI is InChI=1S/C20H15FN4O2S/c21-14-7-5-13(6-8-14)11-18(26)25-22-12-15-9-10-19(27-15)28-20-23-16-3-1-2-4-17(16)24-20/h1-10,12H,11H2,(H,23,24)(H,25,26)/b22-12+. The molecule has 0 unspecified atom stereocenters. The second-order valence-electron chi connectivity index (χ2n) is 5.91. The van der Waals surface area contributed by atoms with Gasteiger partial charge in [-0.15, -0.1) is 0 Å². The first-order valence-corrected chi connectivity index (χ1v) is 9.26. The molecule has 4 rings (SSSR count). The van der Waals surface area contributed by atoms with Crippen LogP contribution in [-0.4, -0.2) is 22.1 Å². The Hall–Kier alpha value is -3.39. The van der Waals surface area contributed by atoms with E-state index in [2.05, 4.69) is 20.5 Å². The van der Waals surface area contributed by atoms with E-state index < -0.39 is 0 Å². The van der Waals surface area contributed by atoms with Crippen molar-refractivity contribution in [2.45, 2.75) is 16.7 Å². The van der Waals surface area contributed by atoms with E-state index in [1.54, 1.807) is 24.3 Å². The number of amides is 1. The number of aromatic nitrogens is 2. The smallest absolute Gasteiger partial charge is 0.244 e. The number of fused-ring (bicyclic) bond motifs is 1. The molecule has 2 N–H and O–H groups in total. The third kappa shape index (κ3) is 4.47. The number of benzene rings is 2. The van der Waals surface area contributed by atoms with Crippen LogP contribution in [0.5, 0.6) is 0 Å². The van der Waals surface area contributed by atoms with Crippen molar-refractivity contribution >= 4 is 34.9 Å². The molecule has 4 aromatic rings. The Kier molecular flexibility index (Phi) is 5.20. The normalized spacial score (nSPS) is 11.3. The highest BCUT2D eigenvalue weighted by molar-refractivity contribution is 7.99. The third-order valence-electron chi connectivity index (χ3n) is 3.83. The van der Waals surface area contributed by atoms with Crippen molar-refractivity contribution in [2.24, 2.45) is 5.10 Å². The predicted octanol–water partition coefficient (Wildman–Crippen LogP) is 4.14. The van der Waals surface area contributed by atoms with Gasteiger partial charge in [0.15, 0.2) is 10.2 Å². The first-order chi connectivity index (χ1) is 13.7. The lowest BCUT2D eigenvalue weighted by Crippen LogP contribution is -2.19. The summed E-state index contributed by atoms with van der Waals surface area (Å²) in [4.78, 5) is 19.6. The Bertz CT molecular complexity index is 1100. The lowest BCUT2D eigenvalue weighted by molar-refractivity contribution is -0.120. The fourth-order valence-corrected chi connectivity index (χ4v) is 3.30. The van der Waals surface area contributed by atoms with Crippen LogP contribution < -0.4 is 5.43 Å². The number of aromatic amines is 1. The maximum atomic E-state index is 12.9. The lowest BCUT2D eigenvalue weighted by atomic mass is 10.1. The maximum absolute atomic E-state index is 12.9. The molecule has 0 aliphatic rings. The molecule has 1 amide bonds. The van der Waals surface area contributed by atoms with Crippen molar-refractivity contribution in [3.05, 3.63) is 77.8 Å². The summed E-state index contributed by atoms with van der Waals surface area (Å²) in [7, 11) is 0. The van der Waals surface area contributed by atoms with Crippen LogP contribution in [0.3, 0.4) is 0 Å². The number of carbonyl (C=O) groups is 1. The number of nitrogens with zero attached hydrogens (tertiary/aromatic N) is 2. The van der Waals surface area contributed by atoms with Crippen molar-refractivity contribution < 1.29 is 13.6 Å². The number of furan rings is 1. The van der Waals surface area contributed by atoms with E-state index in [4.69, 9.17) is 4.42 Å². The van der Waals surface area contributed by atoms with Gasteiger partial charge in [-0.25, -0.2) is 14.8 Å². The number of hydrogen-bond acceptors (Lipinski definition) is 5. The zero-order valence-electron chi connectivity index (χ0n) is 14.6. The van der Waals surface area contributed by atoms with Crippen LogP contribution in [0.2, 0.25) is 0 Å². The highest BCUT2D eigenvalue weighted by Gasteiger charge is 2.08. The van der Waals surface area contributed by atoms with Gasteiger partial charge in [0.05, 0.1) is 23.7 Å². The fraction of sp³-hybridized carbons (Fsp3) is 0.0500. The first kappa shape index (κ1) is 18.0. The number of carbonyl (C=O) groups excluding carboxylic acids is 1. The molecule has 0 spiro atoms. The van der Waals surface area contributed by atoms with E-state index in [9.17, 15) is 9.18 Å². The van der Waals surface area contributed by atoms with Gasteiger partial charge in [-0.3, -0.25) is 4.79 Å². The van der Waals surface area contributed by atoms with Gasteiger partial charge >= 0.3 is 0 Å². The molecule has 2 heterocycles. The van der Waals surface area contributed by atoms with Gasteiger partial charge in [-0.2, -0.15) is 5.10 Å². The van der Waals surface area contributed by atoms with Gasteiger partial charge in [0.2, 0.25) is 5.91 Å². The predicted molar refractivity (Wildman–Crippen MR) is 105 cm³/mol. The molecular weight excluding hydrogens is 379 g/mol. The SMILES string of the molecule is O=C(Cc1ccc(F)cc1)N/N=C/c1ccc(Sc2nc3ccccc3[nH]2)o1.